The molecule has 0 aromatic carbocycles. The Hall–Kier alpha value is -2.80. The van der Waals surface area contributed by atoms with E-state index in [1.54, 1.807) is 30.6 Å². The number of carbonyl (C=O) groups excluding carboxylic acids is 2. The summed E-state index contributed by atoms with van der Waals surface area (Å²) in [5.74, 6) is 0.607. The number of ketones is 1. The highest BCUT2D eigenvalue weighted by Gasteiger charge is 2.20. The van der Waals surface area contributed by atoms with Crippen molar-refractivity contribution < 1.29 is 14.3 Å². The van der Waals surface area contributed by atoms with Crippen LogP contribution in [0.3, 0.4) is 0 Å². The van der Waals surface area contributed by atoms with E-state index in [0.717, 1.165) is 18.8 Å². The van der Waals surface area contributed by atoms with Crippen LogP contribution in [0.2, 0.25) is 0 Å². The summed E-state index contributed by atoms with van der Waals surface area (Å²) in [7, 11) is 1.52. The molecule has 0 unspecified atom stereocenters. The molecule has 1 aliphatic rings. The van der Waals surface area contributed by atoms with Crippen molar-refractivity contribution in [2.24, 2.45) is 0 Å². The van der Waals surface area contributed by atoms with Crippen molar-refractivity contribution in [1.29, 1.82) is 0 Å². The average Bonchev–Trinajstić information content (AvgIpc) is 2.95. The van der Waals surface area contributed by atoms with E-state index in [4.69, 9.17) is 4.74 Å². The van der Waals surface area contributed by atoms with Crippen LogP contribution < -0.4 is 4.90 Å². The Morgan fingerprint density at radius 2 is 2.00 bits per heavy atom. The van der Waals surface area contributed by atoms with Gasteiger partial charge in [0.15, 0.2) is 0 Å². The monoisotopic (exact) mass is 354 g/mol. The van der Waals surface area contributed by atoms with E-state index in [0.29, 0.717) is 30.9 Å². The molecular weight excluding hydrogens is 332 g/mol. The third kappa shape index (κ3) is 4.23. The first-order valence-corrected chi connectivity index (χ1v) is 8.62. The molecule has 0 aliphatic carbocycles. The van der Waals surface area contributed by atoms with Gasteiger partial charge in [-0.15, -0.1) is 0 Å². The zero-order valence-corrected chi connectivity index (χ0v) is 14.8. The van der Waals surface area contributed by atoms with Crippen LogP contribution in [0.4, 0.5) is 5.82 Å². The summed E-state index contributed by atoms with van der Waals surface area (Å²) in [6.45, 7) is 2.88. The molecule has 7 nitrogen and oxygen atoms in total. The van der Waals surface area contributed by atoms with Crippen molar-refractivity contribution >= 4 is 17.5 Å². The molecule has 0 atom stereocenters. The molecule has 0 bridgehead atoms. The minimum Gasteiger partial charge on any atom is -0.375 e. The predicted octanol–water partition coefficient (Wildman–Crippen LogP) is 1.39. The number of nitrogens with zero attached hydrogens (tertiary/aromatic N) is 4. The molecule has 0 saturated carbocycles. The van der Waals surface area contributed by atoms with Crippen molar-refractivity contribution in [3.05, 3.63) is 54.0 Å². The van der Waals surface area contributed by atoms with Crippen LogP contribution in [0.15, 0.2) is 42.7 Å². The van der Waals surface area contributed by atoms with Crippen LogP contribution in [0.25, 0.3) is 0 Å². The Morgan fingerprint density at radius 1 is 1.12 bits per heavy atom. The second-order valence-electron chi connectivity index (χ2n) is 6.11. The molecule has 2 aromatic heterocycles. The smallest absolute Gasteiger partial charge is 0.248 e. The van der Waals surface area contributed by atoms with Crippen molar-refractivity contribution in [2.45, 2.75) is 6.42 Å². The molecule has 1 amide bonds. The minimum atomic E-state index is -0.147. The van der Waals surface area contributed by atoms with Gasteiger partial charge in [0.25, 0.3) is 0 Å². The Kier molecular flexibility index (Phi) is 5.91. The van der Waals surface area contributed by atoms with Gasteiger partial charge < -0.3 is 14.5 Å². The van der Waals surface area contributed by atoms with Crippen LogP contribution in [-0.2, 0) is 9.53 Å². The maximum atomic E-state index is 12.6. The van der Waals surface area contributed by atoms with Crippen LogP contribution in [-0.4, -0.2) is 66.5 Å². The lowest BCUT2D eigenvalue weighted by Gasteiger charge is -2.23. The standard InChI is InChI=1S/C19H22N4O3/c1-26-14-18(24)23-10-4-9-22(11-12-23)17-7-2-6-16(21-17)19(25)15-5-3-8-20-13-15/h2-3,5-8,13H,4,9-12,14H2,1H3. The van der Waals surface area contributed by atoms with Crippen LogP contribution in [0, 0.1) is 0 Å². The van der Waals surface area contributed by atoms with Crippen molar-refractivity contribution in [2.75, 3.05) is 44.8 Å². The number of hydrogen-bond donors (Lipinski definition) is 0. The summed E-state index contributed by atoms with van der Waals surface area (Å²) < 4.78 is 4.93. The van der Waals surface area contributed by atoms with Crippen LogP contribution in [0.5, 0.6) is 0 Å². The van der Waals surface area contributed by atoms with Gasteiger partial charge in [-0.05, 0) is 30.7 Å². The summed E-state index contributed by atoms with van der Waals surface area (Å²) in [6.07, 6.45) is 4.02. The van der Waals surface area contributed by atoms with Gasteiger partial charge in [0.2, 0.25) is 11.7 Å². The lowest BCUT2D eigenvalue weighted by Crippen LogP contribution is -2.37. The fraction of sp³-hybridized carbons (Fsp3) is 0.368. The van der Waals surface area contributed by atoms with Gasteiger partial charge in [-0.3, -0.25) is 14.6 Å². The maximum Gasteiger partial charge on any atom is 0.248 e. The first-order chi connectivity index (χ1) is 12.7. The zero-order chi connectivity index (χ0) is 18.4. The number of hydrogen-bond acceptors (Lipinski definition) is 6. The van der Waals surface area contributed by atoms with Gasteiger partial charge in [-0.25, -0.2) is 4.98 Å². The number of pyridine rings is 2. The lowest BCUT2D eigenvalue weighted by molar-refractivity contribution is -0.134. The molecule has 3 heterocycles. The number of rotatable bonds is 5. The normalized spacial score (nSPS) is 14.8. The Bertz CT molecular complexity index is 766. The Labute approximate surface area is 152 Å². The van der Waals surface area contributed by atoms with E-state index in [1.807, 2.05) is 17.0 Å². The van der Waals surface area contributed by atoms with E-state index in [9.17, 15) is 9.59 Å². The number of methoxy groups -OCH3 is 1. The highest BCUT2D eigenvalue weighted by atomic mass is 16.5. The number of aromatic nitrogens is 2. The second kappa shape index (κ2) is 8.53. The van der Waals surface area contributed by atoms with Gasteiger partial charge in [-0.2, -0.15) is 0 Å². The molecule has 2 aromatic rings. The summed E-state index contributed by atoms with van der Waals surface area (Å²) in [5, 5.41) is 0. The molecule has 3 rings (SSSR count). The van der Waals surface area contributed by atoms with E-state index < -0.39 is 0 Å². The maximum absolute atomic E-state index is 12.6. The van der Waals surface area contributed by atoms with Gasteiger partial charge in [-0.1, -0.05) is 6.07 Å². The molecular formula is C19H22N4O3. The number of amides is 1. The van der Waals surface area contributed by atoms with Gasteiger partial charge >= 0.3 is 0 Å². The summed E-state index contributed by atoms with van der Waals surface area (Å²) in [5.41, 5.74) is 0.913. The van der Waals surface area contributed by atoms with E-state index >= 15 is 0 Å². The van der Waals surface area contributed by atoms with Crippen molar-refractivity contribution in [3.8, 4) is 0 Å². The van der Waals surface area contributed by atoms with Crippen molar-refractivity contribution in [1.82, 2.24) is 14.9 Å². The van der Waals surface area contributed by atoms with Gasteiger partial charge in [0.05, 0.1) is 0 Å². The molecule has 0 radical (unpaired) electrons. The Balaban J connectivity index is 1.72. The average molecular weight is 354 g/mol. The molecule has 0 N–H and O–H groups in total. The zero-order valence-electron chi connectivity index (χ0n) is 14.8. The highest BCUT2D eigenvalue weighted by molar-refractivity contribution is 6.07. The van der Waals surface area contributed by atoms with E-state index in [1.165, 1.54) is 7.11 Å². The Morgan fingerprint density at radius 3 is 2.77 bits per heavy atom. The minimum absolute atomic E-state index is 0.00261. The lowest BCUT2D eigenvalue weighted by atomic mass is 10.1. The molecule has 26 heavy (non-hydrogen) atoms. The predicted molar refractivity (Wildman–Crippen MR) is 97.2 cm³/mol. The number of anilines is 1. The third-order valence-corrected chi connectivity index (χ3v) is 4.33. The fourth-order valence-electron chi connectivity index (χ4n) is 2.98. The summed E-state index contributed by atoms with van der Waals surface area (Å²) in [6, 6.07) is 8.91. The topological polar surface area (TPSA) is 75.6 Å². The number of carbonyl (C=O) groups is 2. The van der Waals surface area contributed by atoms with Gasteiger partial charge in [0.1, 0.15) is 18.1 Å². The van der Waals surface area contributed by atoms with Gasteiger partial charge in [0, 0.05) is 51.2 Å². The summed E-state index contributed by atoms with van der Waals surface area (Å²) >= 11 is 0. The molecule has 1 aliphatic heterocycles. The van der Waals surface area contributed by atoms with Crippen LogP contribution in [0.1, 0.15) is 22.5 Å². The third-order valence-electron chi connectivity index (χ3n) is 4.33. The highest BCUT2D eigenvalue weighted by Crippen LogP contribution is 2.16. The fourth-order valence-corrected chi connectivity index (χ4v) is 2.98. The largest absolute Gasteiger partial charge is 0.375 e. The van der Waals surface area contributed by atoms with E-state index in [-0.39, 0.29) is 18.3 Å². The number of ether oxygens (including phenoxy) is 1. The first kappa shape index (κ1) is 18.0. The molecule has 136 valence electrons. The molecule has 1 saturated heterocycles. The van der Waals surface area contributed by atoms with E-state index in [2.05, 4.69) is 14.9 Å². The molecule has 0 spiro atoms. The quantitative estimate of drug-likeness (QED) is 0.756. The summed E-state index contributed by atoms with van der Waals surface area (Å²) in [4.78, 5) is 37.0. The first-order valence-electron chi connectivity index (χ1n) is 8.62. The second-order valence-corrected chi connectivity index (χ2v) is 6.11. The molecule has 1 fully saturated rings. The SMILES string of the molecule is COCC(=O)N1CCCN(c2cccc(C(=O)c3cccnc3)n2)CC1. The van der Waals surface area contributed by atoms with Crippen LogP contribution >= 0.6 is 0 Å². The van der Waals surface area contributed by atoms with Crippen molar-refractivity contribution in [3.63, 3.8) is 0 Å². The molecule has 7 heteroatoms.